The Bertz CT molecular complexity index is 795. The van der Waals surface area contributed by atoms with E-state index < -0.39 is 11.9 Å². The molecule has 1 saturated heterocycles. The Balaban J connectivity index is 1.61. The molecule has 1 unspecified atom stereocenters. The Kier molecular flexibility index (Phi) is 6.44. The van der Waals surface area contributed by atoms with Crippen LogP contribution in [0.25, 0.3) is 0 Å². The van der Waals surface area contributed by atoms with Crippen molar-refractivity contribution in [1.29, 1.82) is 0 Å². The van der Waals surface area contributed by atoms with Crippen molar-refractivity contribution in [3.63, 3.8) is 0 Å². The van der Waals surface area contributed by atoms with Crippen LogP contribution in [0.5, 0.6) is 11.5 Å². The molecule has 1 aliphatic heterocycles. The van der Waals surface area contributed by atoms with Crippen LogP contribution in [0.15, 0.2) is 48.5 Å². The minimum atomic E-state index is -0.526. The van der Waals surface area contributed by atoms with E-state index in [9.17, 15) is 9.59 Å². The molecule has 0 saturated carbocycles. The summed E-state index contributed by atoms with van der Waals surface area (Å²) in [7, 11) is 0. The minimum absolute atomic E-state index is 0.0347. The molecule has 3 rings (SSSR count). The Morgan fingerprint density at radius 2 is 1.74 bits per heavy atom. The molecule has 2 aromatic rings. The van der Waals surface area contributed by atoms with E-state index in [0.717, 1.165) is 12.8 Å². The zero-order valence-corrected chi connectivity index (χ0v) is 15.2. The highest BCUT2D eigenvalue weighted by atomic mass is 16.6. The smallest absolute Gasteiger partial charge is 0.343 e. The van der Waals surface area contributed by atoms with Gasteiger partial charge in [0.2, 0.25) is 0 Å². The van der Waals surface area contributed by atoms with E-state index in [2.05, 4.69) is 0 Å². The lowest BCUT2D eigenvalue weighted by molar-refractivity contribution is 0.0161. The first-order chi connectivity index (χ1) is 13.2. The first-order valence-electron chi connectivity index (χ1n) is 8.99. The third kappa shape index (κ3) is 5.31. The number of carbonyl (C=O) groups is 2. The van der Waals surface area contributed by atoms with Gasteiger partial charge in [-0.25, -0.2) is 9.59 Å². The minimum Gasteiger partial charge on any atom is -0.494 e. The fourth-order valence-corrected chi connectivity index (χ4v) is 2.76. The second-order valence-electron chi connectivity index (χ2n) is 6.11. The Morgan fingerprint density at radius 1 is 1.04 bits per heavy atom. The number of ether oxygens (including phenoxy) is 4. The van der Waals surface area contributed by atoms with Crippen LogP contribution in [-0.4, -0.2) is 37.9 Å². The highest BCUT2D eigenvalue weighted by Gasteiger charge is 2.18. The standard InChI is InChI=1S/C21H22O6/c1-2-24-17-8-3-7-16(12-17)21(23)27-18-9-4-6-15(13-18)20(22)26-14-19-10-5-11-25-19/h3-4,6-9,12-13,19H,2,5,10-11,14H2,1H3. The summed E-state index contributed by atoms with van der Waals surface area (Å²) in [6.07, 6.45) is 1.84. The molecule has 0 aromatic heterocycles. The molecule has 2 aromatic carbocycles. The van der Waals surface area contributed by atoms with Crippen LogP contribution in [0.4, 0.5) is 0 Å². The molecule has 142 valence electrons. The van der Waals surface area contributed by atoms with E-state index in [1.807, 2.05) is 6.92 Å². The third-order valence-corrected chi connectivity index (χ3v) is 4.09. The normalized spacial score (nSPS) is 16.0. The lowest BCUT2D eigenvalue weighted by Crippen LogP contribution is -2.18. The molecule has 1 atom stereocenters. The van der Waals surface area contributed by atoms with Crippen LogP contribution in [0, 0.1) is 0 Å². The highest BCUT2D eigenvalue weighted by molar-refractivity contribution is 5.93. The number of carbonyl (C=O) groups excluding carboxylic acids is 2. The number of hydrogen-bond donors (Lipinski definition) is 0. The molecule has 0 N–H and O–H groups in total. The average molecular weight is 370 g/mol. The van der Waals surface area contributed by atoms with Gasteiger partial charge in [0.15, 0.2) is 0 Å². The van der Waals surface area contributed by atoms with E-state index in [-0.39, 0.29) is 18.5 Å². The summed E-state index contributed by atoms with van der Waals surface area (Å²) in [5, 5.41) is 0. The van der Waals surface area contributed by atoms with Crippen LogP contribution in [-0.2, 0) is 9.47 Å². The molecule has 1 aliphatic rings. The van der Waals surface area contributed by atoms with Gasteiger partial charge in [0.25, 0.3) is 0 Å². The highest BCUT2D eigenvalue weighted by Crippen LogP contribution is 2.19. The summed E-state index contributed by atoms with van der Waals surface area (Å²) in [6, 6.07) is 13.1. The molecular formula is C21H22O6. The molecule has 6 nitrogen and oxygen atoms in total. The van der Waals surface area contributed by atoms with E-state index in [1.165, 1.54) is 6.07 Å². The molecule has 1 fully saturated rings. The van der Waals surface area contributed by atoms with E-state index in [4.69, 9.17) is 18.9 Å². The summed E-state index contributed by atoms with van der Waals surface area (Å²) in [4.78, 5) is 24.5. The van der Waals surface area contributed by atoms with Crippen LogP contribution < -0.4 is 9.47 Å². The summed E-state index contributed by atoms with van der Waals surface area (Å²) >= 11 is 0. The topological polar surface area (TPSA) is 71.1 Å². The number of esters is 2. The van der Waals surface area contributed by atoms with Crippen molar-refractivity contribution in [2.75, 3.05) is 19.8 Å². The van der Waals surface area contributed by atoms with E-state index in [0.29, 0.717) is 30.1 Å². The maximum atomic E-state index is 12.3. The second-order valence-corrected chi connectivity index (χ2v) is 6.11. The van der Waals surface area contributed by atoms with Gasteiger partial charge in [-0.05, 0) is 56.2 Å². The molecule has 27 heavy (non-hydrogen) atoms. The van der Waals surface area contributed by atoms with Gasteiger partial charge in [0, 0.05) is 6.61 Å². The molecule has 0 aliphatic carbocycles. The monoisotopic (exact) mass is 370 g/mol. The molecule has 0 spiro atoms. The molecular weight excluding hydrogens is 348 g/mol. The second kappa shape index (κ2) is 9.19. The number of benzene rings is 2. The Morgan fingerprint density at radius 3 is 2.44 bits per heavy atom. The van der Waals surface area contributed by atoms with Crippen molar-refractivity contribution in [1.82, 2.24) is 0 Å². The van der Waals surface area contributed by atoms with Crippen LogP contribution in [0.1, 0.15) is 40.5 Å². The third-order valence-electron chi connectivity index (χ3n) is 4.09. The molecule has 0 radical (unpaired) electrons. The summed E-state index contributed by atoms with van der Waals surface area (Å²) in [5.41, 5.74) is 0.689. The van der Waals surface area contributed by atoms with Crippen molar-refractivity contribution in [3.8, 4) is 11.5 Å². The van der Waals surface area contributed by atoms with E-state index in [1.54, 1.807) is 42.5 Å². The Labute approximate surface area is 158 Å². The first-order valence-corrected chi connectivity index (χ1v) is 8.99. The summed E-state index contributed by atoms with van der Waals surface area (Å²) in [5.74, 6) is -0.130. The average Bonchev–Trinajstić information content (AvgIpc) is 3.20. The lowest BCUT2D eigenvalue weighted by Gasteiger charge is -2.11. The van der Waals surface area contributed by atoms with Gasteiger partial charge >= 0.3 is 11.9 Å². The zero-order valence-electron chi connectivity index (χ0n) is 15.2. The maximum absolute atomic E-state index is 12.3. The maximum Gasteiger partial charge on any atom is 0.343 e. The summed E-state index contributed by atoms with van der Waals surface area (Å²) < 4.78 is 21.5. The predicted octanol–water partition coefficient (Wildman–Crippen LogP) is 3.64. The SMILES string of the molecule is CCOc1cccc(C(=O)Oc2cccc(C(=O)OCC3CCCO3)c2)c1. The lowest BCUT2D eigenvalue weighted by atomic mass is 10.2. The van der Waals surface area contributed by atoms with Crippen molar-refractivity contribution >= 4 is 11.9 Å². The zero-order chi connectivity index (χ0) is 19.1. The van der Waals surface area contributed by atoms with Crippen LogP contribution >= 0.6 is 0 Å². The molecule has 1 heterocycles. The largest absolute Gasteiger partial charge is 0.494 e. The van der Waals surface area contributed by atoms with E-state index >= 15 is 0 Å². The van der Waals surface area contributed by atoms with Gasteiger partial charge in [-0.15, -0.1) is 0 Å². The summed E-state index contributed by atoms with van der Waals surface area (Å²) in [6.45, 7) is 3.31. The predicted molar refractivity (Wildman–Crippen MR) is 98.3 cm³/mol. The van der Waals surface area contributed by atoms with Crippen molar-refractivity contribution < 1.29 is 28.5 Å². The number of hydrogen-bond acceptors (Lipinski definition) is 6. The van der Waals surface area contributed by atoms with Gasteiger partial charge < -0.3 is 18.9 Å². The van der Waals surface area contributed by atoms with Crippen molar-refractivity contribution in [3.05, 3.63) is 59.7 Å². The van der Waals surface area contributed by atoms with Crippen molar-refractivity contribution in [2.45, 2.75) is 25.9 Å². The molecule has 0 bridgehead atoms. The van der Waals surface area contributed by atoms with Gasteiger partial charge in [0.1, 0.15) is 18.1 Å². The Hall–Kier alpha value is -2.86. The fourth-order valence-electron chi connectivity index (χ4n) is 2.76. The molecule has 0 amide bonds. The van der Waals surface area contributed by atoms with Gasteiger partial charge in [-0.3, -0.25) is 0 Å². The van der Waals surface area contributed by atoms with Gasteiger partial charge in [-0.1, -0.05) is 12.1 Å². The quantitative estimate of drug-likeness (QED) is 0.547. The van der Waals surface area contributed by atoms with Gasteiger partial charge in [-0.2, -0.15) is 0 Å². The molecule has 6 heteroatoms. The van der Waals surface area contributed by atoms with Crippen LogP contribution in [0.3, 0.4) is 0 Å². The fraction of sp³-hybridized carbons (Fsp3) is 0.333. The first kappa shape index (κ1) is 18.9. The number of rotatable bonds is 7. The van der Waals surface area contributed by atoms with Crippen LogP contribution in [0.2, 0.25) is 0 Å². The van der Waals surface area contributed by atoms with Crippen molar-refractivity contribution in [2.24, 2.45) is 0 Å². The van der Waals surface area contributed by atoms with Gasteiger partial charge in [0.05, 0.1) is 23.8 Å².